The van der Waals surface area contributed by atoms with Gasteiger partial charge in [-0.1, -0.05) is 56.5 Å². The summed E-state index contributed by atoms with van der Waals surface area (Å²) in [5.74, 6) is -0.272. The number of primary amides is 1. The Balaban J connectivity index is 1.89. The molecule has 1 fully saturated rings. The fourth-order valence-corrected chi connectivity index (χ4v) is 3.31. The molecule has 0 aromatic heterocycles. The fraction of sp³-hybridized carbons (Fsp3) is 0.579. The molecule has 126 valence electrons. The van der Waals surface area contributed by atoms with Crippen LogP contribution < -0.4 is 5.73 Å². The Bertz CT molecular complexity index is 507. The maximum absolute atomic E-state index is 12.4. The van der Waals surface area contributed by atoms with E-state index in [0.717, 1.165) is 31.6 Å². The predicted octanol–water partition coefficient (Wildman–Crippen LogP) is 3.75. The van der Waals surface area contributed by atoms with Crippen LogP contribution in [0.15, 0.2) is 30.3 Å². The predicted molar refractivity (Wildman–Crippen MR) is 89.4 cm³/mol. The van der Waals surface area contributed by atoms with Crippen molar-refractivity contribution in [3.8, 4) is 0 Å². The quantitative estimate of drug-likeness (QED) is 0.779. The van der Waals surface area contributed by atoms with E-state index in [1.807, 2.05) is 6.07 Å². The van der Waals surface area contributed by atoms with Gasteiger partial charge in [-0.3, -0.25) is 9.59 Å². The lowest BCUT2D eigenvalue weighted by molar-refractivity contribution is -0.160. The topological polar surface area (TPSA) is 69.4 Å². The van der Waals surface area contributed by atoms with Crippen molar-refractivity contribution < 1.29 is 14.3 Å². The van der Waals surface area contributed by atoms with Crippen molar-refractivity contribution in [3.05, 3.63) is 35.9 Å². The molecule has 0 heterocycles. The van der Waals surface area contributed by atoms with Gasteiger partial charge in [0.1, 0.15) is 0 Å². The molecular formula is C19H27NO3. The summed E-state index contributed by atoms with van der Waals surface area (Å²) in [6, 6.07) is 8.96. The van der Waals surface area contributed by atoms with Crippen molar-refractivity contribution in [2.45, 2.75) is 58.0 Å². The minimum atomic E-state index is -0.985. The van der Waals surface area contributed by atoms with E-state index in [9.17, 15) is 9.59 Å². The minimum Gasteiger partial charge on any atom is -0.447 e. The summed E-state index contributed by atoms with van der Waals surface area (Å²) in [7, 11) is 0. The van der Waals surface area contributed by atoms with E-state index in [1.165, 1.54) is 19.3 Å². The fourth-order valence-electron chi connectivity index (χ4n) is 3.31. The Morgan fingerprint density at radius 3 is 2.39 bits per heavy atom. The number of carbonyl (C=O) groups is 2. The molecular weight excluding hydrogens is 290 g/mol. The molecule has 1 amide bonds. The summed E-state index contributed by atoms with van der Waals surface area (Å²) in [5.41, 5.74) is 6.04. The van der Waals surface area contributed by atoms with Crippen molar-refractivity contribution >= 4 is 11.9 Å². The van der Waals surface area contributed by atoms with Crippen LogP contribution in [0.2, 0.25) is 0 Å². The standard InChI is InChI=1S/C19H27NO3/c1-2-3-7-14-10-12-16(13-11-14)19(22)23-17(18(20)21)15-8-5-4-6-9-15/h4-6,8-9,14,16-17H,2-3,7,10-13H2,1H3,(H2,20,21). The van der Waals surface area contributed by atoms with Gasteiger partial charge >= 0.3 is 5.97 Å². The molecule has 23 heavy (non-hydrogen) atoms. The first-order chi connectivity index (χ1) is 11.1. The number of benzene rings is 1. The second kappa shape index (κ2) is 8.70. The van der Waals surface area contributed by atoms with Crippen LogP contribution in [0.4, 0.5) is 0 Å². The van der Waals surface area contributed by atoms with Crippen LogP contribution in [0.3, 0.4) is 0 Å². The van der Waals surface area contributed by atoms with Crippen molar-refractivity contribution in [1.29, 1.82) is 0 Å². The number of nitrogens with two attached hydrogens (primary N) is 1. The smallest absolute Gasteiger partial charge is 0.310 e. The van der Waals surface area contributed by atoms with Crippen LogP contribution in [-0.4, -0.2) is 11.9 Å². The van der Waals surface area contributed by atoms with Crippen LogP contribution >= 0.6 is 0 Å². The van der Waals surface area contributed by atoms with Gasteiger partial charge in [0.25, 0.3) is 5.91 Å². The number of amides is 1. The zero-order chi connectivity index (χ0) is 16.7. The van der Waals surface area contributed by atoms with Crippen LogP contribution in [-0.2, 0) is 14.3 Å². The Kier molecular flexibility index (Phi) is 6.63. The Labute approximate surface area is 138 Å². The van der Waals surface area contributed by atoms with E-state index in [0.29, 0.717) is 5.56 Å². The number of ether oxygens (including phenoxy) is 1. The van der Waals surface area contributed by atoms with Gasteiger partial charge in [-0.05, 0) is 31.6 Å². The highest BCUT2D eigenvalue weighted by Crippen LogP contribution is 2.33. The molecule has 1 unspecified atom stereocenters. The number of carbonyl (C=O) groups excluding carboxylic acids is 2. The summed E-state index contributed by atoms with van der Waals surface area (Å²) in [6.45, 7) is 2.20. The van der Waals surface area contributed by atoms with Crippen LogP contribution in [0.25, 0.3) is 0 Å². The molecule has 0 aliphatic heterocycles. The summed E-state index contributed by atoms with van der Waals surface area (Å²) in [6.07, 6.45) is 6.62. The highest BCUT2D eigenvalue weighted by atomic mass is 16.5. The highest BCUT2D eigenvalue weighted by Gasteiger charge is 2.30. The summed E-state index contributed by atoms with van der Waals surface area (Å²) >= 11 is 0. The highest BCUT2D eigenvalue weighted by molar-refractivity contribution is 5.84. The second-order valence-corrected chi connectivity index (χ2v) is 6.49. The van der Waals surface area contributed by atoms with Gasteiger partial charge in [0.05, 0.1) is 5.92 Å². The molecule has 1 aliphatic carbocycles. The Hall–Kier alpha value is -1.84. The second-order valence-electron chi connectivity index (χ2n) is 6.49. The summed E-state index contributed by atoms with van der Waals surface area (Å²) in [4.78, 5) is 24.0. The summed E-state index contributed by atoms with van der Waals surface area (Å²) < 4.78 is 5.44. The lowest BCUT2D eigenvalue weighted by atomic mass is 9.80. The molecule has 0 saturated heterocycles. The first kappa shape index (κ1) is 17.5. The van der Waals surface area contributed by atoms with Gasteiger partial charge in [0.15, 0.2) is 0 Å². The van der Waals surface area contributed by atoms with Gasteiger partial charge in [-0.15, -0.1) is 0 Å². The Morgan fingerprint density at radius 1 is 1.17 bits per heavy atom. The van der Waals surface area contributed by atoms with Crippen LogP contribution in [0, 0.1) is 11.8 Å². The largest absolute Gasteiger partial charge is 0.447 e. The first-order valence-electron chi connectivity index (χ1n) is 8.66. The van der Waals surface area contributed by atoms with Crippen LogP contribution in [0.1, 0.15) is 63.5 Å². The van der Waals surface area contributed by atoms with Crippen molar-refractivity contribution in [2.75, 3.05) is 0 Å². The average molecular weight is 317 g/mol. The number of hydrogen-bond donors (Lipinski definition) is 1. The first-order valence-corrected chi connectivity index (χ1v) is 8.66. The third kappa shape index (κ3) is 5.08. The van der Waals surface area contributed by atoms with Gasteiger partial charge in [0.2, 0.25) is 6.10 Å². The minimum absolute atomic E-state index is 0.0987. The molecule has 0 spiro atoms. The molecule has 4 nitrogen and oxygen atoms in total. The third-order valence-electron chi connectivity index (χ3n) is 4.74. The van der Waals surface area contributed by atoms with Gasteiger partial charge in [-0.2, -0.15) is 0 Å². The zero-order valence-corrected chi connectivity index (χ0v) is 13.9. The lowest BCUT2D eigenvalue weighted by Crippen LogP contribution is -2.30. The van der Waals surface area contributed by atoms with Gasteiger partial charge in [-0.25, -0.2) is 0 Å². The van der Waals surface area contributed by atoms with E-state index in [1.54, 1.807) is 24.3 Å². The third-order valence-corrected chi connectivity index (χ3v) is 4.74. The monoisotopic (exact) mass is 317 g/mol. The van der Waals surface area contributed by atoms with E-state index in [-0.39, 0.29) is 11.9 Å². The molecule has 2 rings (SSSR count). The molecule has 1 aromatic carbocycles. The molecule has 1 aliphatic rings. The SMILES string of the molecule is CCCCC1CCC(C(=O)OC(C(N)=O)c2ccccc2)CC1. The molecule has 1 aromatic rings. The van der Waals surface area contributed by atoms with Crippen LogP contribution in [0.5, 0.6) is 0 Å². The molecule has 2 N–H and O–H groups in total. The number of hydrogen-bond acceptors (Lipinski definition) is 3. The van der Waals surface area contributed by atoms with Crippen molar-refractivity contribution in [1.82, 2.24) is 0 Å². The van der Waals surface area contributed by atoms with E-state index in [4.69, 9.17) is 10.5 Å². The number of unbranched alkanes of at least 4 members (excludes halogenated alkanes) is 1. The Morgan fingerprint density at radius 2 is 1.83 bits per heavy atom. The van der Waals surface area contributed by atoms with E-state index >= 15 is 0 Å². The molecule has 4 heteroatoms. The maximum Gasteiger partial charge on any atom is 0.310 e. The summed E-state index contributed by atoms with van der Waals surface area (Å²) in [5, 5.41) is 0. The van der Waals surface area contributed by atoms with Crippen molar-refractivity contribution in [2.24, 2.45) is 17.6 Å². The maximum atomic E-state index is 12.4. The molecule has 0 radical (unpaired) electrons. The number of esters is 1. The van der Waals surface area contributed by atoms with Crippen molar-refractivity contribution in [3.63, 3.8) is 0 Å². The molecule has 0 bridgehead atoms. The zero-order valence-electron chi connectivity index (χ0n) is 13.9. The van der Waals surface area contributed by atoms with E-state index in [2.05, 4.69) is 6.92 Å². The molecule has 1 atom stereocenters. The molecule has 1 saturated carbocycles. The number of rotatable bonds is 7. The average Bonchev–Trinajstić information content (AvgIpc) is 2.58. The normalized spacial score (nSPS) is 22.3. The van der Waals surface area contributed by atoms with Gasteiger partial charge < -0.3 is 10.5 Å². The lowest BCUT2D eigenvalue weighted by Gasteiger charge is -2.28. The van der Waals surface area contributed by atoms with E-state index < -0.39 is 12.0 Å². The van der Waals surface area contributed by atoms with Gasteiger partial charge in [0, 0.05) is 5.56 Å².